The van der Waals surface area contributed by atoms with Crippen molar-refractivity contribution in [2.45, 2.75) is 4.90 Å². The number of sulfonamides is 1. The number of amides is 2. The number of rotatable bonds is 5. The van der Waals surface area contributed by atoms with Crippen LogP contribution in [0.3, 0.4) is 0 Å². The standard InChI is InChI=1S/C15H12BrN3O6S/c16-9-5-7-10(8-6-9)26(24,25)19-18-14(21)13(20)17-12-4-2-1-3-11(12)15(22)23/h1-8,19H,(H,17,20)(H,18,21)(H,22,23). The predicted molar refractivity (Wildman–Crippen MR) is 94.6 cm³/mol. The van der Waals surface area contributed by atoms with Gasteiger partial charge in [-0.15, -0.1) is 4.83 Å². The highest BCUT2D eigenvalue weighted by atomic mass is 79.9. The quantitative estimate of drug-likeness (QED) is 0.404. The van der Waals surface area contributed by atoms with Crippen LogP contribution in [0, 0.1) is 0 Å². The summed E-state index contributed by atoms with van der Waals surface area (Å²) in [5.41, 5.74) is 1.44. The second kappa shape index (κ2) is 8.08. The third-order valence-electron chi connectivity index (χ3n) is 3.03. The van der Waals surface area contributed by atoms with E-state index >= 15 is 0 Å². The third kappa shape index (κ3) is 4.88. The van der Waals surface area contributed by atoms with Crippen molar-refractivity contribution in [1.82, 2.24) is 10.3 Å². The van der Waals surface area contributed by atoms with Crippen molar-refractivity contribution in [2.24, 2.45) is 0 Å². The van der Waals surface area contributed by atoms with Gasteiger partial charge in [-0.1, -0.05) is 28.1 Å². The van der Waals surface area contributed by atoms with Gasteiger partial charge in [0.1, 0.15) is 0 Å². The molecule has 2 aromatic rings. The first-order valence-corrected chi connectivity index (χ1v) is 9.19. The highest BCUT2D eigenvalue weighted by Crippen LogP contribution is 2.15. The summed E-state index contributed by atoms with van der Waals surface area (Å²) in [4.78, 5) is 36.3. The number of carboxylic acid groups (broad SMARTS) is 1. The number of hydrogen-bond donors (Lipinski definition) is 4. The summed E-state index contributed by atoms with van der Waals surface area (Å²) >= 11 is 3.16. The SMILES string of the molecule is O=C(NNS(=O)(=O)c1ccc(Br)cc1)C(=O)Nc1ccccc1C(=O)O. The number of halogens is 1. The van der Waals surface area contributed by atoms with E-state index in [4.69, 9.17) is 5.11 Å². The Bertz CT molecular complexity index is 960. The molecule has 0 saturated carbocycles. The van der Waals surface area contributed by atoms with Crippen molar-refractivity contribution >= 4 is 49.4 Å². The molecule has 0 heterocycles. The smallest absolute Gasteiger partial charge is 0.337 e. The van der Waals surface area contributed by atoms with Crippen LogP contribution >= 0.6 is 15.9 Å². The summed E-state index contributed by atoms with van der Waals surface area (Å²) in [6.45, 7) is 0. The predicted octanol–water partition coefficient (Wildman–Crippen LogP) is 1.10. The maximum absolute atomic E-state index is 12.0. The number of para-hydroxylation sites is 1. The van der Waals surface area contributed by atoms with Crippen molar-refractivity contribution in [1.29, 1.82) is 0 Å². The monoisotopic (exact) mass is 441 g/mol. The Labute approximate surface area is 156 Å². The second-order valence-electron chi connectivity index (χ2n) is 4.82. The summed E-state index contributed by atoms with van der Waals surface area (Å²) in [5.74, 6) is -3.85. The third-order valence-corrected chi connectivity index (χ3v) is 4.83. The van der Waals surface area contributed by atoms with Crippen LogP contribution in [0.5, 0.6) is 0 Å². The first-order chi connectivity index (χ1) is 12.2. The van der Waals surface area contributed by atoms with Gasteiger partial charge in [0.05, 0.1) is 16.1 Å². The van der Waals surface area contributed by atoms with E-state index in [1.54, 1.807) is 10.3 Å². The lowest BCUT2D eigenvalue weighted by Gasteiger charge is -2.10. The average molecular weight is 442 g/mol. The Morgan fingerprint density at radius 1 is 0.923 bits per heavy atom. The fourth-order valence-electron chi connectivity index (χ4n) is 1.80. The maximum Gasteiger partial charge on any atom is 0.337 e. The van der Waals surface area contributed by atoms with Gasteiger partial charge in [-0.2, -0.15) is 0 Å². The lowest BCUT2D eigenvalue weighted by atomic mass is 10.2. The van der Waals surface area contributed by atoms with Gasteiger partial charge < -0.3 is 10.4 Å². The zero-order chi connectivity index (χ0) is 19.3. The molecule has 0 spiro atoms. The Balaban J connectivity index is 2.03. The van der Waals surface area contributed by atoms with E-state index in [0.29, 0.717) is 4.47 Å². The highest BCUT2D eigenvalue weighted by molar-refractivity contribution is 9.10. The first kappa shape index (κ1) is 19.6. The number of anilines is 1. The molecule has 0 bridgehead atoms. The molecular formula is C15H12BrN3O6S. The van der Waals surface area contributed by atoms with E-state index in [1.807, 2.05) is 0 Å². The number of hydrogen-bond acceptors (Lipinski definition) is 5. The van der Waals surface area contributed by atoms with E-state index in [9.17, 15) is 22.8 Å². The topological polar surface area (TPSA) is 142 Å². The molecule has 11 heteroatoms. The minimum absolute atomic E-state index is 0.101. The molecule has 0 aromatic heterocycles. The second-order valence-corrected chi connectivity index (χ2v) is 7.42. The van der Waals surface area contributed by atoms with Crippen molar-refractivity contribution in [3.8, 4) is 0 Å². The van der Waals surface area contributed by atoms with Crippen LogP contribution in [0.1, 0.15) is 10.4 Å². The molecule has 0 aliphatic heterocycles. The lowest BCUT2D eigenvalue weighted by Crippen LogP contribution is -2.46. The number of nitrogens with one attached hydrogen (secondary N) is 3. The molecule has 2 aromatic carbocycles. The molecular weight excluding hydrogens is 430 g/mol. The molecule has 0 aliphatic carbocycles. The van der Waals surface area contributed by atoms with Gasteiger partial charge >= 0.3 is 17.8 Å². The fraction of sp³-hybridized carbons (Fsp3) is 0. The normalized spacial score (nSPS) is 10.8. The number of benzene rings is 2. The minimum atomic E-state index is -4.08. The zero-order valence-electron chi connectivity index (χ0n) is 12.9. The van der Waals surface area contributed by atoms with Crippen molar-refractivity contribution in [2.75, 3.05) is 5.32 Å². The zero-order valence-corrected chi connectivity index (χ0v) is 15.3. The molecule has 0 unspecified atom stereocenters. The molecule has 0 atom stereocenters. The molecule has 26 heavy (non-hydrogen) atoms. The fourth-order valence-corrected chi connectivity index (χ4v) is 2.90. The average Bonchev–Trinajstić information content (AvgIpc) is 2.60. The largest absolute Gasteiger partial charge is 0.478 e. The number of aromatic carboxylic acids is 1. The van der Waals surface area contributed by atoms with Crippen molar-refractivity contribution in [3.63, 3.8) is 0 Å². The molecule has 136 valence electrons. The first-order valence-electron chi connectivity index (χ1n) is 6.92. The van der Waals surface area contributed by atoms with Gasteiger partial charge in [-0.3, -0.25) is 15.0 Å². The number of carbonyl (C=O) groups is 3. The van der Waals surface area contributed by atoms with Crippen LogP contribution in [0.25, 0.3) is 0 Å². The van der Waals surface area contributed by atoms with E-state index in [2.05, 4.69) is 21.2 Å². The van der Waals surface area contributed by atoms with Gasteiger partial charge in [-0.05, 0) is 36.4 Å². The summed E-state index contributed by atoms with van der Waals surface area (Å²) in [6, 6.07) is 11.0. The van der Waals surface area contributed by atoms with E-state index in [1.165, 1.54) is 48.5 Å². The Morgan fingerprint density at radius 3 is 2.15 bits per heavy atom. The Kier molecular flexibility index (Phi) is 6.08. The number of carboxylic acids is 1. The van der Waals surface area contributed by atoms with Gasteiger partial charge in [0.2, 0.25) is 0 Å². The van der Waals surface area contributed by atoms with Crippen LogP contribution in [0.2, 0.25) is 0 Å². The lowest BCUT2D eigenvalue weighted by molar-refractivity contribution is -0.136. The number of hydrazine groups is 1. The number of carbonyl (C=O) groups excluding carboxylic acids is 2. The van der Waals surface area contributed by atoms with Crippen LogP contribution in [0.15, 0.2) is 57.9 Å². The molecule has 0 fully saturated rings. The Morgan fingerprint density at radius 2 is 1.54 bits per heavy atom. The van der Waals surface area contributed by atoms with Gasteiger partial charge in [0, 0.05) is 4.47 Å². The maximum atomic E-state index is 12.0. The summed E-state index contributed by atoms with van der Waals surface area (Å²) < 4.78 is 24.7. The van der Waals surface area contributed by atoms with E-state index in [-0.39, 0.29) is 16.1 Å². The van der Waals surface area contributed by atoms with Crippen LogP contribution < -0.4 is 15.6 Å². The minimum Gasteiger partial charge on any atom is -0.478 e. The van der Waals surface area contributed by atoms with Crippen LogP contribution in [-0.2, 0) is 19.6 Å². The Hall–Kier alpha value is -2.76. The van der Waals surface area contributed by atoms with Gasteiger partial charge in [-0.25, -0.2) is 13.2 Å². The highest BCUT2D eigenvalue weighted by Gasteiger charge is 2.20. The summed E-state index contributed by atoms with van der Waals surface area (Å²) in [5, 5.41) is 11.1. The van der Waals surface area contributed by atoms with E-state index in [0.717, 1.165) is 0 Å². The van der Waals surface area contributed by atoms with Crippen molar-refractivity contribution < 1.29 is 27.9 Å². The molecule has 4 N–H and O–H groups in total. The van der Waals surface area contributed by atoms with Gasteiger partial charge in [0.25, 0.3) is 10.0 Å². The molecule has 2 rings (SSSR count). The van der Waals surface area contributed by atoms with Gasteiger partial charge in [0.15, 0.2) is 0 Å². The molecule has 0 aliphatic rings. The van der Waals surface area contributed by atoms with Crippen LogP contribution in [-0.4, -0.2) is 31.3 Å². The van der Waals surface area contributed by atoms with Crippen LogP contribution in [0.4, 0.5) is 5.69 Å². The summed E-state index contributed by atoms with van der Waals surface area (Å²) in [7, 11) is -4.08. The van der Waals surface area contributed by atoms with Crippen molar-refractivity contribution in [3.05, 3.63) is 58.6 Å². The van der Waals surface area contributed by atoms with E-state index < -0.39 is 27.8 Å². The molecule has 9 nitrogen and oxygen atoms in total. The molecule has 0 radical (unpaired) electrons. The molecule has 0 saturated heterocycles. The molecule has 2 amide bonds. The summed E-state index contributed by atoms with van der Waals surface area (Å²) in [6.07, 6.45) is 0.